The summed E-state index contributed by atoms with van der Waals surface area (Å²) in [6.45, 7) is 37.3. The first-order chi connectivity index (χ1) is 32.2. The molecule has 0 atom stereocenters. The number of fused-ring (bicyclic) bond motifs is 2. The van der Waals surface area contributed by atoms with Gasteiger partial charge in [-0.1, -0.05) is 180 Å². The Morgan fingerprint density at radius 1 is 0.333 bits per heavy atom. The molecule has 1 aliphatic heterocycles. The van der Waals surface area contributed by atoms with Crippen molar-refractivity contribution in [1.82, 2.24) is 9.97 Å². The second-order valence-electron chi connectivity index (χ2n) is 24.7. The lowest BCUT2D eigenvalue weighted by atomic mass is 9.59. The van der Waals surface area contributed by atoms with E-state index in [4.69, 9.17) is 19.3 Å². The van der Waals surface area contributed by atoms with Crippen LogP contribution in [0.3, 0.4) is 0 Å². The molecule has 1 fully saturated rings. The number of nitrogens with zero attached hydrogens (tertiary/aromatic N) is 2. The van der Waals surface area contributed by atoms with E-state index < -0.39 is 18.3 Å². The van der Waals surface area contributed by atoms with E-state index in [-0.39, 0.29) is 32.5 Å². The van der Waals surface area contributed by atoms with Gasteiger partial charge in [0.25, 0.3) is 0 Å². The highest BCUT2D eigenvalue weighted by Gasteiger charge is 2.58. The summed E-state index contributed by atoms with van der Waals surface area (Å²) < 4.78 is 13.5. The van der Waals surface area contributed by atoms with Crippen LogP contribution in [0.4, 0.5) is 0 Å². The first-order valence-electron chi connectivity index (χ1n) is 25.1. The standard InChI is InChI=1S/C64H71BN2O2/c1-57(2)51-29-25-40(36-53(51)59(5,6)61(57,9)10)55-31-27-42(38-66-55)47-21-17-19-23-49(47)44-33-45(35-46(34-44)65-68-63(13,14)64(15,16)69-65)50-24-20-18-22-48(50)43-28-32-56(67-39-43)41-26-30-52-54(37-41)60(7,8)62(11,12)58(52,3)4/h17-39H,1-16H3. The molecule has 0 spiro atoms. The summed E-state index contributed by atoms with van der Waals surface area (Å²) in [5, 5.41) is 0. The maximum atomic E-state index is 6.76. The highest BCUT2D eigenvalue weighted by Crippen LogP contribution is 2.63. The maximum absolute atomic E-state index is 6.76. The van der Waals surface area contributed by atoms with Gasteiger partial charge in [0.15, 0.2) is 0 Å². The summed E-state index contributed by atoms with van der Waals surface area (Å²) in [4.78, 5) is 10.3. The highest BCUT2D eigenvalue weighted by atomic mass is 16.7. The SMILES string of the molecule is CC1(C)OB(c2cc(-c3ccccc3-c3ccc(-c4ccc5c(c4)C(C)(C)C(C)(C)C5(C)C)nc3)cc(-c3ccccc3-c3ccc(-c4ccc5c(c4)C(C)(C)C(C)(C)C5(C)C)nc3)c2)OC1(C)C. The zero-order valence-electron chi connectivity index (χ0n) is 44.1. The lowest BCUT2D eigenvalue weighted by Gasteiger charge is -2.44. The van der Waals surface area contributed by atoms with E-state index >= 15 is 0 Å². The van der Waals surface area contributed by atoms with Gasteiger partial charge in [0.1, 0.15) is 0 Å². The molecule has 0 bridgehead atoms. The molecule has 10 rings (SSSR count). The summed E-state index contributed by atoms with van der Waals surface area (Å²) in [5.41, 5.74) is 19.1. The van der Waals surface area contributed by atoms with Crippen LogP contribution in [0.1, 0.15) is 133 Å². The average Bonchev–Trinajstić information content (AvgIpc) is 3.66. The maximum Gasteiger partial charge on any atom is 0.494 e. The fraction of sp³-hybridized carbons (Fsp3) is 0.375. The molecule has 3 heterocycles. The van der Waals surface area contributed by atoms with Crippen LogP contribution in [0.5, 0.6) is 0 Å². The molecule has 0 N–H and O–H groups in total. The Kier molecular flexibility index (Phi) is 10.5. The van der Waals surface area contributed by atoms with Crippen molar-refractivity contribution in [3.63, 3.8) is 0 Å². The molecular formula is C64H71BN2O2. The Hall–Kier alpha value is -5.62. The molecule has 0 amide bonds. The third-order valence-electron chi connectivity index (χ3n) is 19.7. The van der Waals surface area contributed by atoms with E-state index in [0.29, 0.717) is 0 Å². The summed E-state index contributed by atoms with van der Waals surface area (Å²) in [7, 11) is -0.545. The van der Waals surface area contributed by atoms with E-state index in [1.165, 1.54) is 22.3 Å². The Bertz CT molecular complexity index is 2960. The van der Waals surface area contributed by atoms with Gasteiger partial charge in [0, 0.05) is 34.6 Å². The molecule has 2 aliphatic carbocycles. The Morgan fingerprint density at radius 3 is 1.01 bits per heavy atom. The first kappa shape index (κ1) is 47.1. The van der Waals surface area contributed by atoms with Crippen molar-refractivity contribution in [2.45, 2.75) is 144 Å². The number of hydrogen-bond donors (Lipinski definition) is 0. The van der Waals surface area contributed by atoms with Gasteiger partial charge in [-0.2, -0.15) is 0 Å². The summed E-state index contributed by atoms with van der Waals surface area (Å²) in [6, 6.07) is 47.0. The molecule has 352 valence electrons. The second-order valence-corrected chi connectivity index (χ2v) is 24.7. The highest BCUT2D eigenvalue weighted by molar-refractivity contribution is 6.62. The van der Waals surface area contributed by atoms with Crippen LogP contribution in [-0.4, -0.2) is 28.3 Å². The number of benzene rings is 5. The fourth-order valence-electron chi connectivity index (χ4n) is 11.9. The minimum absolute atomic E-state index is 0.0203. The van der Waals surface area contributed by atoms with E-state index in [1.807, 2.05) is 12.4 Å². The minimum atomic E-state index is -0.545. The topological polar surface area (TPSA) is 44.2 Å². The van der Waals surface area contributed by atoms with Crippen LogP contribution in [0.15, 0.2) is 140 Å². The predicted molar refractivity (Wildman–Crippen MR) is 290 cm³/mol. The summed E-state index contributed by atoms with van der Waals surface area (Å²) in [5.74, 6) is 0. The third-order valence-corrected chi connectivity index (χ3v) is 19.7. The van der Waals surface area contributed by atoms with Crippen molar-refractivity contribution in [2.75, 3.05) is 0 Å². The Labute approximate surface area is 413 Å². The molecule has 0 saturated carbocycles. The van der Waals surface area contributed by atoms with Gasteiger partial charge in [-0.25, -0.2) is 0 Å². The van der Waals surface area contributed by atoms with Crippen molar-refractivity contribution in [2.24, 2.45) is 10.8 Å². The summed E-state index contributed by atoms with van der Waals surface area (Å²) in [6.07, 6.45) is 4.08. The smallest absolute Gasteiger partial charge is 0.399 e. The molecule has 0 unspecified atom stereocenters. The lowest BCUT2D eigenvalue weighted by molar-refractivity contribution is 0.00578. The predicted octanol–water partition coefficient (Wildman–Crippen LogP) is 16.0. The number of aromatic nitrogens is 2. The molecule has 3 aliphatic rings. The van der Waals surface area contributed by atoms with E-state index in [2.05, 4.69) is 238 Å². The van der Waals surface area contributed by atoms with Crippen molar-refractivity contribution in [3.8, 4) is 67.0 Å². The van der Waals surface area contributed by atoms with E-state index in [1.54, 1.807) is 0 Å². The monoisotopic (exact) mass is 911 g/mol. The fourth-order valence-corrected chi connectivity index (χ4v) is 11.9. The first-order valence-corrected chi connectivity index (χ1v) is 25.1. The largest absolute Gasteiger partial charge is 0.494 e. The van der Waals surface area contributed by atoms with Crippen molar-refractivity contribution in [3.05, 3.63) is 162 Å². The molecule has 5 aromatic carbocycles. The minimum Gasteiger partial charge on any atom is -0.399 e. The lowest BCUT2D eigenvalue weighted by Crippen LogP contribution is -2.42. The van der Waals surface area contributed by atoms with Crippen LogP contribution < -0.4 is 5.46 Å². The van der Waals surface area contributed by atoms with Gasteiger partial charge in [0.05, 0.1) is 22.6 Å². The number of hydrogen-bond acceptors (Lipinski definition) is 4. The molecule has 4 nitrogen and oxygen atoms in total. The summed E-state index contributed by atoms with van der Waals surface area (Å²) >= 11 is 0. The van der Waals surface area contributed by atoms with Crippen LogP contribution in [0, 0.1) is 10.8 Å². The molecule has 7 aromatic rings. The van der Waals surface area contributed by atoms with Crippen LogP contribution in [0.25, 0.3) is 67.0 Å². The second kappa shape index (κ2) is 15.4. The van der Waals surface area contributed by atoms with Crippen molar-refractivity contribution >= 4 is 12.6 Å². The zero-order chi connectivity index (χ0) is 49.5. The molecule has 5 heteroatoms. The van der Waals surface area contributed by atoms with Crippen LogP contribution in [-0.2, 0) is 31.0 Å². The van der Waals surface area contributed by atoms with Gasteiger partial charge in [-0.15, -0.1) is 0 Å². The van der Waals surface area contributed by atoms with Gasteiger partial charge < -0.3 is 9.31 Å². The van der Waals surface area contributed by atoms with Crippen LogP contribution in [0.2, 0.25) is 0 Å². The normalized spacial score (nSPS) is 20.4. The van der Waals surface area contributed by atoms with Gasteiger partial charge in [0.2, 0.25) is 0 Å². The van der Waals surface area contributed by atoms with Crippen LogP contribution >= 0.6 is 0 Å². The Balaban J connectivity index is 1.03. The molecule has 2 aromatic heterocycles. The van der Waals surface area contributed by atoms with Gasteiger partial charge >= 0.3 is 7.12 Å². The Morgan fingerprint density at radius 2 is 0.667 bits per heavy atom. The molecule has 1 saturated heterocycles. The van der Waals surface area contributed by atoms with Crippen molar-refractivity contribution < 1.29 is 9.31 Å². The van der Waals surface area contributed by atoms with E-state index in [0.717, 1.165) is 72.5 Å². The van der Waals surface area contributed by atoms with Gasteiger partial charge in [-0.05, 0) is 152 Å². The number of rotatable bonds is 7. The molecular weight excluding hydrogens is 840 g/mol. The zero-order valence-corrected chi connectivity index (χ0v) is 44.1. The average molecular weight is 911 g/mol. The van der Waals surface area contributed by atoms with Crippen molar-refractivity contribution in [1.29, 1.82) is 0 Å². The van der Waals surface area contributed by atoms with E-state index in [9.17, 15) is 0 Å². The molecule has 0 radical (unpaired) electrons. The molecule has 69 heavy (non-hydrogen) atoms. The quantitative estimate of drug-likeness (QED) is 0.150. The number of pyridine rings is 2. The van der Waals surface area contributed by atoms with Gasteiger partial charge in [-0.3, -0.25) is 9.97 Å². The third kappa shape index (κ3) is 6.91.